The minimum Gasteiger partial charge on any atom is -0.459 e. The van der Waals surface area contributed by atoms with E-state index in [9.17, 15) is 40.2 Å². The van der Waals surface area contributed by atoms with Crippen molar-refractivity contribution in [1.82, 2.24) is 14.7 Å². The molecular formula is C43H81N3O14. The monoisotopic (exact) mass is 864 g/mol. The molecule has 0 spiro atoms. The standard InChI is InChI=1S/C43H81N3O14/c1-16-30-43(11,54)34(50)27(5)45(13)22-24(2)20-41(9,53)39(60-38-33(49)29(19-25(3)56-38)46(14)31(48)23-44(12)17-18-47)40(7,8)36(26(4)37(52)58-30)59-32-21-42(10,55-15)35(51)28(6)57-32/h24-30,32-36,38-39,47,49-51,53-54H,16-23H2,1-15H3/t24-,25-,26-,27-,28+,29?,30-,32+,33-,34-,35+,36-,38+,39-,41-,42-,43-/m1/s1. The second kappa shape index (κ2) is 20.9. The lowest BCUT2D eigenvalue weighted by atomic mass is 9.68. The molecule has 0 bridgehead atoms. The number of amides is 1. The quantitative estimate of drug-likeness (QED) is 0.160. The van der Waals surface area contributed by atoms with E-state index in [2.05, 4.69) is 0 Å². The van der Waals surface area contributed by atoms with Crippen LogP contribution >= 0.6 is 0 Å². The van der Waals surface area contributed by atoms with Crippen LogP contribution in [0.1, 0.15) is 102 Å². The molecule has 352 valence electrons. The van der Waals surface area contributed by atoms with Gasteiger partial charge in [0.2, 0.25) is 5.91 Å². The van der Waals surface area contributed by atoms with Crippen LogP contribution in [0.5, 0.6) is 0 Å². The number of ether oxygens (including phenoxy) is 6. The number of nitrogens with zero attached hydrogens (tertiary/aromatic N) is 3. The van der Waals surface area contributed by atoms with Crippen molar-refractivity contribution in [2.24, 2.45) is 17.3 Å². The molecule has 0 aromatic heterocycles. The third-order valence-corrected chi connectivity index (χ3v) is 13.6. The van der Waals surface area contributed by atoms with Crippen molar-refractivity contribution < 1.29 is 68.6 Å². The zero-order valence-electron chi connectivity index (χ0n) is 39.0. The Labute approximate surface area is 358 Å². The molecule has 3 fully saturated rings. The highest BCUT2D eigenvalue weighted by molar-refractivity contribution is 5.78. The Hall–Kier alpha value is -1.58. The van der Waals surface area contributed by atoms with E-state index in [-0.39, 0.29) is 44.2 Å². The second-order valence-electron chi connectivity index (χ2n) is 19.5. The van der Waals surface area contributed by atoms with Crippen LogP contribution in [0, 0.1) is 17.3 Å². The SMILES string of the molecule is CC[C@H]1OC(=O)[C@H](C)[C@@H](O[C@H]2C[C@@](C)(OC)[C@@H](O)[C@H](C)O2)C(C)(C)[C@@H](O[C@@H]2O[C@H](C)CC(N(C)C(=O)CN(C)CCO)[C@H]2O)[C@](C)(O)C[C@@H](C)CN(C)[C@H](C)[C@@H](O)[C@]1(C)O. The first-order valence-corrected chi connectivity index (χ1v) is 21.7. The van der Waals surface area contributed by atoms with Crippen molar-refractivity contribution in [3.63, 3.8) is 0 Å². The summed E-state index contributed by atoms with van der Waals surface area (Å²) in [7, 11) is 6.62. The predicted octanol–water partition coefficient (Wildman–Crippen LogP) is 1.11. The molecule has 3 aliphatic heterocycles. The minimum atomic E-state index is -1.85. The van der Waals surface area contributed by atoms with Gasteiger partial charge >= 0.3 is 5.97 Å². The van der Waals surface area contributed by atoms with Gasteiger partial charge in [-0.05, 0) is 87.7 Å². The van der Waals surface area contributed by atoms with Crippen molar-refractivity contribution in [2.45, 2.75) is 192 Å². The van der Waals surface area contributed by atoms with E-state index in [0.29, 0.717) is 19.5 Å². The van der Waals surface area contributed by atoms with Crippen LogP contribution in [0.15, 0.2) is 0 Å². The predicted molar refractivity (Wildman–Crippen MR) is 222 cm³/mol. The Bertz CT molecular complexity index is 1390. The van der Waals surface area contributed by atoms with Crippen LogP contribution in [0.3, 0.4) is 0 Å². The maximum atomic E-state index is 14.5. The first-order chi connectivity index (χ1) is 27.6. The van der Waals surface area contributed by atoms with Gasteiger partial charge in [-0.1, -0.05) is 27.7 Å². The second-order valence-corrected chi connectivity index (χ2v) is 19.5. The van der Waals surface area contributed by atoms with Gasteiger partial charge in [0, 0.05) is 45.1 Å². The molecule has 0 aromatic rings. The number of methoxy groups -OCH3 is 1. The van der Waals surface area contributed by atoms with E-state index >= 15 is 0 Å². The van der Waals surface area contributed by atoms with Gasteiger partial charge < -0.3 is 68.9 Å². The Kier molecular flexibility index (Phi) is 18.4. The third kappa shape index (κ3) is 12.0. The molecule has 0 saturated carbocycles. The van der Waals surface area contributed by atoms with Gasteiger partial charge in [-0.2, -0.15) is 0 Å². The molecule has 3 heterocycles. The summed E-state index contributed by atoms with van der Waals surface area (Å²) in [6.07, 6.45) is -10.1. The van der Waals surface area contributed by atoms with Gasteiger partial charge in [0.15, 0.2) is 12.6 Å². The molecule has 0 aliphatic carbocycles. The van der Waals surface area contributed by atoms with E-state index in [1.165, 1.54) is 18.9 Å². The number of hydrogen-bond acceptors (Lipinski definition) is 16. The molecule has 3 rings (SSSR count). The van der Waals surface area contributed by atoms with Crippen LogP contribution in [0.4, 0.5) is 0 Å². The summed E-state index contributed by atoms with van der Waals surface area (Å²) in [5.74, 6) is -2.37. The molecule has 3 saturated heterocycles. The van der Waals surface area contributed by atoms with Crippen LogP contribution in [0.2, 0.25) is 0 Å². The zero-order chi connectivity index (χ0) is 45.9. The van der Waals surface area contributed by atoms with Crippen molar-refractivity contribution in [1.29, 1.82) is 0 Å². The van der Waals surface area contributed by atoms with Gasteiger partial charge in [0.25, 0.3) is 0 Å². The molecule has 0 radical (unpaired) electrons. The summed E-state index contributed by atoms with van der Waals surface area (Å²) in [5.41, 5.74) is -5.99. The molecule has 17 nitrogen and oxygen atoms in total. The van der Waals surface area contributed by atoms with Crippen molar-refractivity contribution in [2.75, 3.05) is 54.5 Å². The fourth-order valence-electron chi connectivity index (χ4n) is 9.85. The highest BCUT2D eigenvalue weighted by Crippen LogP contribution is 2.46. The van der Waals surface area contributed by atoms with Gasteiger partial charge in [0.1, 0.15) is 30.0 Å². The highest BCUT2D eigenvalue weighted by Gasteiger charge is 2.57. The number of hydrogen-bond donors (Lipinski definition) is 6. The molecule has 0 aromatic carbocycles. The number of cyclic esters (lactones) is 1. The van der Waals surface area contributed by atoms with Crippen LogP contribution in [-0.4, -0.2) is 202 Å². The molecule has 6 N–H and O–H groups in total. The summed E-state index contributed by atoms with van der Waals surface area (Å²) >= 11 is 0. The maximum Gasteiger partial charge on any atom is 0.311 e. The molecule has 1 unspecified atom stereocenters. The molecule has 60 heavy (non-hydrogen) atoms. The van der Waals surface area contributed by atoms with Crippen molar-refractivity contribution in [3.8, 4) is 0 Å². The normalized spacial score (nSPS) is 44.1. The minimum absolute atomic E-state index is 0.00964. The topological polar surface area (TPSA) is 221 Å². The van der Waals surface area contributed by atoms with E-state index < -0.39 is 108 Å². The number of carbonyl (C=O) groups is 2. The summed E-state index contributed by atoms with van der Waals surface area (Å²) in [4.78, 5) is 32.9. The Morgan fingerprint density at radius 2 is 1.57 bits per heavy atom. The Morgan fingerprint density at radius 1 is 0.950 bits per heavy atom. The van der Waals surface area contributed by atoms with Crippen LogP contribution in [0.25, 0.3) is 0 Å². The number of rotatable bonds is 11. The fourth-order valence-corrected chi connectivity index (χ4v) is 9.85. The lowest BCUT2D eigenvalue weighted by molar-refractivity contribution is -0.331. The molecular weight excluding hydrogens is 782 g/mol. The van der Waals surface area contributed by atoms with Crippen LogP contribution < -0.4 is 0 Å². The third-order valence-electron chi connectivity index (χ3n) is 13.6. The number of aliphatic hydroxyl groups excluding tert-OH is 4. The first kappa shape index (κ1) is 52.8. The van der Waals surface area contributed by atoms with Gasteiger partial charge in [-0.3, -0.25) is 14.5 Å². The fraction of sp³-hybridized carbons (Fsp3) is 0.953. The molecule has 3 aliphatic rings. The molecule has 1 amide bonds. The highest BCUT2D eigenvalue weighted by atomic mass is 16.7. The zero-order valence-corrected chi connectivity index (χ0v) is 39.0. The summed E-state index contributed by atoms with van der Waals surface area (Å²) in [6, 6.07) is -1.33. The maximum absolute atomic E-state index is 14.5. The van der Waals surface area contributed by atoms with E-state index in [0.717, 1.165) is 0 Å². The average Bonchev–Trinajstić information content (AvgIpc) is 3.15. The van der Waals surface area contributed by atoms with Gasteiger partial charge in [-0.25, -0.2) is 0 Å². The number of carbonyl (C=O) groups excluding carboxylic acids is 2. The molecule has 17 heteroatoms. The van der Waals surface area contributed by atoms with Gasteiger partial charge in [-0.15, -0.1) is 0 Å². The largest absolute Gasteiger partial charge is 0.459 e. The van der Waals surface area contributed by atoms with Crippen LogP contribution in [-0.2, 0) is 38.0 Å². The average molecular weight is 864 g/mol. The first-order valence-electron chi connectivity index (χ1n) is 21.7. The number of aliphatic hydroxyl groups is 6. The smallest absolute Gasteiger partial charge is 0.311 e. The summed E-state index contributed by atoms with van der Waals surface area (Å²) < 4.78 is 38.0. The Morgan fingerprint density at radius 3 is 2.13 bits per heavy atom. The van der Waals surface area contributed by atoms with E-state index in [4.69, 9.17) is 28.4 Å². The van der Waals surface area contributed by atoms with Crippen molar-refractivity contribution in [3.05, 3.63) is 0 Å². The number of esters is 1. The lowest BCUT2D eigenvalue weighted by Crippen LogP contribution is -2.64. The lowest BCUT2D eigenvalue weighted by Gasteiger charge is -2.52. The van der Waals surface area contributed by atoms with E-state index in [1.807, 2.05) is 25.8 Å². The number of likely N-dealkylation sites (N-methyl/N-ethyl adjacent to an activating group) is 3. The Balaban J connectivity index is 2.21. The summed E-state index contributed by atoms with van der Waals surface area (Å²) in [6.45, 7) is 19.6. The molecule has 17 atom stereocenters. The van der Waals surface area contributed by atoms with Crippen molar-refractivity contribution >= 4 is 11.9 Å². The summed E-state index contributed by atoms with van der Waals surface area (Å²) in [5, 5.41) is 68.7. The van der Waals surface area contributed by atoms with E-state index in [1.54, 1.807) is 74.4 Å². The van der Waals surface area contributed by atoms with Gasteiger partial charge in [0.05, 0.1) is 60.7 Å².